The summed E-state index contributed by atoms with van der Waals surface area (Å²) >= 11 is 0. The summed E-state index contributed by atoms with van der Waals surface area (Å²) in [4.78, 5) is 10.7. The van der Waals surface area contributed by atoms with E-state index in [9.17, 15) is 13.6 Å². The molecule has 2 N–H and O–H groups in total. The molecular weight excluding hydrogens is 214 g/mol. The van der Waals surface area contributed by atoms with Crippen molar-refractivity contribution in [2.24, 2.45) is 0 Å². The Balaban J connectivity index is 1.98. The Kier molecular flexibility index (Phi) is 3.14. The van der Waals surface area contributed by atoms with Gasteiger partial charge in [-0.3, -0.25) is 4.79 Å². The van der Waals surface area contributed by atoms with Crippen molar-refractivity contribution in [1.82, 2.24) is 10.6 Å². The van der Waals surface area contributed by atoms with Crippen molar-refractivity contribution in [3.63, 3.8) is 0 Å². The maximum absolute atomic E-state index is 11.9. The zero-order chi connectivity index (χ0) is 11.5. The second kappa shape index (κ2) is 4.57. The molecule has 0 saturated carbocycles. The van der Waals surface area contributed by atoms with Crippen molar-refractivity contribution in [2.75, 3.05) is 0 Å². The van der Waals surface area contributed by atoms with Crippen LogP contribution in [-0.2, 0) is 24.4 Å². The molecule has 1 aromatic carbocycles. The van der Waals surface area contributed by atoms with Gasteiger partial charge in [0, 0.05) is 19.6 Å². The van der Waals surface area contributed by atoms with Crippen LogP contribution in [0.1, 0.15) is 16.7 Å². The smallest absolute Gasteiger partial charge is 0.315 e. The molecule has 1 heterocycles. The molecule has 5 heteroatoms. The predicted octanol–water partition coefficient (Wildman–Crippen LogP) is 1.17. The van der Waals surface area contributed by atoms with Gasteiger partial charge in [-0.25, -0.2) is 0 Å². The van der Waals surface area contributed by atoms with E-state index < -0.39 is 12.3 Å². The minimum absolute atomic E-state index is 0.149. The van der Waals surface area contributed by atoms with Gasteiger partial charge in [-0.05, 0) is 16.7 Å². The Morgan fingerprint density at radius 3 is 2.88 bits per heavy atom. The van der Waals surface area contributed by atoms with Crippen molar-refractivity contribution in [3.05, 3.63) is 34.9 Å². The largest absolute Gasteiger partial charge is 0.347 e. The number of carbonyl (C=O) groups is 1. The Morgan fingerprint density at radius 2 is 2.12 bits per heavy atom. The number of benzene rings is 1. The fourth-order valence-corrected chi connectivity index (χ4v) is 1.72. The molecule has 1 aliphatic rings. The highest BCUT2D eigenvalue weighted by Crippen LogP contribution is 2.16. The lowest BCUT2D eigenvalue weighted by atomic mass is 10.1. The van der Waals surface area contributed by atoms with Crippen LogP contribution in [0.4, 0.5) is 8.78 Å². The van der Waals surface area contributed by atoms with Gasteiger partial charge in [0.25, 0.3) is 5.91 Å². The second-order valence-corrected chi connectivity index (χ2v) is 3.73. The molecule has 0 atom stereocenters. The van der Waals surface area contributed by atoms with Gasteiger partial charge in [-0.1, -0.05) is 18.2 Å². The van der Waals surface area contributed by atoms with Crippen molar-refractivity contribution in [3.8, 4) is 0 Å². The first-order valence-electron chi connectivity index (χ1n) is 5.04. The third kappa shape index (κ3) is 2.36. The zero-order valence-electron chi connectivity index (χ0n) is 8.59. The number of rotatable bonds is 3. The Morgan fingerprint density at radius 1 is 1.38 bits per heavy atom. The maximum Gasteiger partial charge on any atom is 0.315 e. The van der Waals surface area contributed by atoms with Crippen LogP contribution in [-0.4, -0.2) is 12.3 Å². The minimum Gasteiger partial charge on any atom is -0.347 e. The SMILES string of the molecule is O=C(NCc1ccc2c(c1)CNC2)C(F)F. The molecule has 0 aromatic heterocycles. The maximum atomic E-state index is 11.9. The number of alkyl halides is 2. The standard InChI is InChI=1S/C11H12F2N2O/c12-10(13)11(16)15-4-7-1-2-8-5-14-6-9(8)3-7/h1-3,10,14H,4-6H2,(H,15,16). The van der Waals surface area contributed by atoms with Crippen LogP contribution in [0, 0.1) is 0 Å². The van der Waals surface area contributed by atoms with Gasteiger partial charge in [0.05, 0.1) is 0 Å². The van der Waals surface area contributed by atoms with Crippen LogP contribution in [0.5, 0.6) is 0 Å². The molecule has 0 saturated heterocycles. The topological polar surface area (TPSA) is 41.1 Å². The monoisotopic (exact) mass is 226 g/mol. The lowest BCUT2D eigenvalue weighted by Crippen LogP contribution is -2.28. The summed E-state index contributed by atoms with van der Waals surface area (Å²) in [5.41, 5.74) is 3.24. The third-order valence-corrected chi connectivity index (χ3v) is 2.57. The average Bonchev–Trinajstić information content (AvgIpc) is 2.72. The molecule has 86 valence electrons. The molecule has 1 aliphatic heterocycles. The van der Waals surface area contributed by atoms with Gasteiger partial charge in [-0.2, -0.15) is 8.78 Å². The number of fused-ring (bicyclic) bond motifs is 1. The van der Waals surface area contributed by atoms with E-state index in [1.165, 1.54) is 11.1 Å². The van der Waals surface area contributed by atoms with Gasteiger partial charge in [-0.15, -0.1) is 0 Å². The van der Waals surface area contributed by atoms with Crippen LogP contribution in [0.3, 0.4) is 0 Å². The van der Waals surface area contributed by atoms with Crippen LogP contribution in [0.2, 0.25) is 0 Å². The second-order valence-electron chi connectivity index (χ2n) is 3.73. The lowest BCUT2D eigenvalue weighted by Gasteiger charge is -2.06. The fourth-order valence-electron chi connectivity index (χ4n) is 1.72. The molecule has 0 radical (unpaired) electrons. The van der Waals surface area contributed by atoms with E-state index in [1.54, 1.807) is 0 Å². The van der Waals surface area contributed by atoms with E-state index in [2.05, 4.69) is 10.6 Å². The molecule has 1 aromatic rings. The number of amides is 1. The van der Waals surface area contributed by atoms with Crippen molar-refractivity contribution >= 4 is 5.91 Å². The minimum atomic E-state index is -2.95. The Labute approximate surface area is 91.8 Å². The first-order valence-corrected chi connectivity index (χ1v) is 5.04. The summed E-state index contributed by atoms with van der Waals surface area (Å²) in [5, 5.41) is 5.37. The first kappa shape index (κ1) is 11.0. The molecule has 16 heavy (non-hydrogen) atoms. The summed E-state index contributed by atoms with van der Waals surface area (Å²) in [6, 6.07) is 5.73. The van der Waals surface area contributed by atoms with E-state index in [0.29, 0.717) is 0 Å². The van der Waals surface area contributed by atoms with E-state index in [0.717, 1.165) is 18.7 Å². The van der Waals surface area contributed by atoms with Gasteiger partial charge in [0.15, 0.2) is 0 Å². The highest BCUT2D eigenvalue weighted by atomic mass is 19.3. The summed E-state index contributed by atoms with van der Waals surface area (Å²) in [5.74, 6) is -1.22. The van der Waals surface area contributed by atoms with Crippen LogP contribution < -0.4 is 10.6 Å². The van der Waals surface area contributed by atoms with Gasteiger partial charge < -0.3 is 10.6 Å². The average molecular weight is 226 g/mol. The van der Waals surface area contributed by atoms with Crippen LogP contribution >= 0.6 is 0 Å². The molecule has 0 aliphatic carbocycles. The first-order chi connectivity index (χ1) is 7.66. The Hall–Kier alpha value is -1.49. The molecule has 0 spiro atoms. The summed E-state index contributed by atoms with van der Waals surface area (Å²) < 4.78 is 23.9. The van der Waals surface area contributed by atoms with Gasteiger partial charge >= 0.3 is 6.43 Å². The van der Waals surface area contributed by atoms with Crippen molar-refractivity contribution in [2.45, 2.75) is 26.1 Å². The van der Waals surface area contributed by atoms with Gasteiger partial charge in [0.2, 0.25) is 0 Å². The van der Waals surface area contributed by atoms with Crippen molar-refractivity contribution < 1.29 is 13.6 Å². The highest BCUT2D eigenvalue weighted by Gasteiger charge is 2.15. The molecule has 3 nitrogen and oxygen atoms in total. The molecule has 1 amide bonds. The zero-order valence-corrected chi connectivity index (χ0v) is 8.59. The van der Waals surface area contributed by atoms with Gasteiger partial charge in [0.1, 0.15) is 0 Å². The van der Waals surface area contributed by atoms with Crippen LogP contribution in [0.25, 0.3) is 0 Å². The van der Waals surface area contributed by atoms with E-state index in [4.69, 9.17) is 0 Å². The Bertz CT molecular complexity index is 407. The summed E-state index contributed by atoms with van der Waals surface area (Å²) in [6.07, 6.45) is -2.95. The lowest BCUT2D eigenvalue weighted by molar-refractivity contribution is -0.131. The summed E-state index contributed by atoms with van der Waals surface area (Å²) in [6.45, 7) is 1.79. The molecular formula is C11H12F2N2O. The highest BCUT2D eigenvalue weighted by molar-refractivity contribution is 5.79. The molecule has 2 rings (SSSR count). The van der Waals surface area contributed by atoms with Crippen molar-refractivity contribution in [1.29, 1.82) is 0 Å². The summed E-state index contributed by atoms with van der Waals surface area (Å²) in [7, 11) is 0. The quantitative estimate of drug-likeness (QED) is 0.812. The molecule has 0 fully saturated rings. The third-order valence-electron chi connectivity index (χ3n) is 2.57. The predicted molar refractivity (Wildman–Crippen MR) is 54.8 cm³/mol. The molecule has 0 bridgehead atoms. The van der Waals surface area contributed by atoms with E-state index >= 15 is 0 Å². The number of halogens is 2. The number of hydrogen-bond donors (Lipinski definition) is 2. The van der Waals surface area contributed by atoms with Crippen LogP contribution in [0.15, 0.2) is 18.2 Å². The number of carbonyl (C=O) groups excluding carboxylic acids is 1. The van der Waals surface area contributed by atoms with E-state index in [-0.39, 0.29) is 6.54 Å². The fraction of sp³-hybridized carbons (Fsp3) is 0.364. The molecule has 0 unspecified atom stereocenters. The number of hydrogen-bond acceptors (Lipinski definition) is 2. The van der Waals surface area contributed by atoms with E-state index in [1.807, 2.05) is 18.2 Å². The normalized spacial score (nSPS) is 13.9. The number of nitrogens with one attached hydrogen (secondary N) is 2.